The SMILES string of the molecule is C=CC(=O)OCC(O)C(F)(F)C(F)(F)C(F)(F)C(F)(F)C(F)(F)C(F)(F)F. The Labute approximate surface area is 140 Å². The molecule has 1 N–H and O–H groups in total. The molecule has 0 aromatic rings. The number of carbonyl (C=O) groups excluding carboxylic acids is 1. The van der Waals surface area contributed by atoms with E-state index in [1.165, 1.54) is 0 Å². The van der Waals surface area contributed by atoms with Crippen LogP contribution < -0.4 is 0 Å². The van der Waals surface area contributed by atoms with Gasteiger partial charge in [0.15, 0.2) is 6.10 Å². The number of esters is 1. The van der Waals surface area contributed by atoms with Crippen LogP contribution in [0, 0.1) is 0 Å². The summed E-state index contributed by atoms with van der Waals surface area (Å²) in [5.74, 6) is -40.0. The topological polar surface area (TPSA) is 46.5 Å². The Bertz CT molecular complexity index is 566. The summed E-state index contributed by atoms with van der Waals surface area (Å²) in [7, 11) is 0. The lowest BCUT2D eigenvalue weighted by Crippen LogP contribution is -2.71. The Kier molecular flexibility index (Phi) is 6.56. The molecular weight excluding hydrogens is 427 g/mol. The molecule has 0 aliphatic carbocycles. The molecule has 16 heteroatoms. The van der Waals surface area contributed by atoms with Gasteiger partial charge in [0, 0.05) is 6.08 Å². The molecule has 1 atom stereocenters. The number of hydrogen-bond acceptors (Lipinski definition) is 3. The predicted octanol–water partition coefficient (Wildman–Crippen LogP) is 3.82. The van der Waals surface area contributed by atoms with Gasteiger partial charge in [0.25, 0.3) is 0 Å². The molecule has 0 rings (SSSR count). The molecule has 27 heavy (non-hydrogen) atoms. The summed E-state index contributed by atoms with van der Waals surface area (Å²) in [6, 6.07) is 0. The van der Waals surface area contributed by atoms with Gasteiger partial charge in [0.05, 0.1) is 0 Å². The van der Waals surface area contributed by atoms with Gasteiger partial charge in [-0.3, -0.25) is 0 Å². The second kappa shape index (κ2) is 7.01. The molecule has 0 aromatic heterocycles. The molecule has 1 unspecified atom stereocenters. The highest BCUT2D eigenvalue weighted by molar-refractivity contribution is 5.81. The van der Waals surface area contributed by atoms with E-state index in [-0.39, 0.29) is 6.08 Å². The zero-order valence-corrected chi connectivity index (χ0v) is 12.2. The molecule has 0 aromatic carbocycles. The molecule has 0 aliphatic rings. The quantitative estimate of drug-likeness (QED) is 0.359. The maximum atomic E-state index is 13.3. The lowest BCUT2D eigenvalue weighted by atomic mass is 9.92. The normalized spacial score (nSPS) is 16.1. The number of hydrogen-bond donors (Lipinski definition) is 1. The molecule has 3 nitrogen and oxygen atoms in total. The fourth-order valence-corrected chi connectivity index (χ4v) is 1.32. The van der Waals surface area contributed by atoms with Crippen LogP contribution in [0.3, 0.4) is 0 Å². The van der Waals surface area contributed by atoms with Crippen LogP contribution in [0.4, 0.5) is 57.1 Å². The van der Waals surface area contributed by atoms with Crippen molar-refractivity contribution in [2.45, 2.75) is 41.9 Å². The number of alkyl halides is 13. The minimum absolute atomic E-state index is 0.204. The largest absolute Gasteiger partial charge is 0.460 e. The van der Waals surface area contributed by atoms with E-state index in [1.54, 1.807) is 0 Å². The van der Waals surface area contributed by atoms with Crippen LogP contribution in [0.1, 0.15) is 0 Å². The maximum Gasteiger partial charge on any atom is 0.460 e. The van der Waals surface area contributed by atoms with E-state index >= 15 is 0 Å². The minimum atomic E-state index is -8.07. The molecule has 0 spiro atoms. The van der Waals surface area contributed by atoms with Gasteiger partial charge in [-0.15, -0.1) is 0 Å². The zero-order valence-electron chi connectivity index (χ0n) is 12.2. The number of aliphatic hydroxyl groups is 1. The molecule has 0 fully saturated rings. The van der Waals surface area contributed by atoms with Crippen molar-refractivity contribution >= 4 is 5.97 Å². The Morgan fingerprint density at radius 1 is 0.815 bits per heavy atom. The monoisotopic (exact) mass is 434 g/mol. The van der Waals surface area contributed by atoms with Crippen molar-refractivity contribution in [2.24, 2.45) is 0 Å². The molecule has 0 saturated carbocycles. The first-order valence-corrected chi connectivity index (χ1v) is 6.06. The van der Waals surface area contributed by atoms with Crippen molar-refractivity contribution in [1.29, 1.82) is 0 Å². The Morgan fingerprint density at radius 2 is 1.19 bits per heavy atom. The van der Waals surface area contributed by atoms with Crippen molar-refractivity contribution in [1.82, 2.24) is 0 Å². The van der Waals surface area contributed by atoms with Crippen LogP contribution in [-0.4, -0.2) is 59.6 Å². The summed E-state index contributed by atoms with van der Waals surface area (Å²) >= 11 is 0. The van der Waals surface area contributed by atoms with E-state index in [0.717, 1.165) is 0 Å². The van der Waals surface area contributed by atoms with Crippen molar-refractivity contribution < 1.29 is 71.7 Å². The average Bonchev–Trinajstić information content (AvgIpc) is 2.49. The van der Waals surface area contributed by atoms with Crippen LogP contribution in [-0.2, 0) is 9.53 Å². The summed E-state index contributed by atoms with van der Waals surface area (Å²) in [5.41, 5.74) is 0. The molecule has 0 heterocycles. The summed E-state index contributed by atoms with van der Waals surface area (Å²) in [6.07, 6.45) is -11.5. The zero-order chi connectivity index (χ0) is 22.3. The summed E-state index contributed by atoms with van der Waals surface area (Å²) in [4.78, 5) is 10.5. The molecule has 0 aliphatic heterocycles. The van der Waals surface area contributed by atoms with Crippen LogP contribution in [0.5, 0.6) is 0 Å². The third-order valence-electron chi connectivity index (χ3n) is 2.93. The lowest BCUT2D eigenvalue weighted by molar-refractivity contribution is -0.444. The second-order valence-electron chi connectivity index (χ2n) is 4.77. The van der Waals surface area contributed by atoms with E-state index in [1.807, 2.05) is 0 Å². The van der Waals surface area contributed by atoms with Gasteiger partial charge < -0.3 is 9.84 Å². The number of halogens is 13. The van der Waals surface area contributed by atoms with Crippen molar-refractivity contribution in [3.05, 3.63) is 12.7 Å². The van der Waals surface area contributed by atoms with Gasteiger partial charge in [0.1, 0.15) is 6.61 Å². The average molecular weight is 434 g/mol. The van der Waals surface area contributed by atoms with Crippen molar-refractivity contribution in [3.63, 3.8) is 0 Å². The Morgan fingerprint density at radius 3 is 1.52 bits per heavy atom. The third-order valence-corrected chi connectivity index (χ3v) is 2.93. The molecule has 0 saturated heterocycles. The third kappa shape index (κ3) is 3.80. The fourth-order valence-electron chi connectivity index (χ4n) is 1.32. The Balaban J connectivity index is 6.07. The van der Waals surface area contributed by atoms with Gasteiger partial charge in [-0.1, -0.05) is 6.58 Å². The molecular formula is C11H7F13O3. The van der Waals surface area contributed by atoms with Gasteiger partial charge in [-0.25, -0.2) is 4.79 Å². The van der Waals surface area contributed by atoms with Crippen molar-refractivity contribution in [2.75, 3.05) is 6.61 Å². The first-order chi connectivity index (χ1) is 11.6. The van der Waals surface area contributed by atoms with E-state index in [9.17, 15) is 61.9 Å². The minimum Gasteiger partial charge on any atom is -0.460 e. The molecule has 160 valence electrons. The predicted molar refractivity (Wildman–Crippen MR) is 58.0 cm³/mol. The van der Waals surface area contributed by atoms with Gasteiger partial charge in [-0.05, 0) is 0 Å². The first-order valence-electron chi connectivity index (χ1n) is 6.06. The number of rotatable bonds is 8. The van der Waals surface area contributed by atoms with Gasteiger partial charge in [0.2, 0.25) is 0 Å². The summed E-state index contributed by atoms with van der Waals surface area (Å²) in [5, 5.41) is 8.72. The molecule has 0 bridgehead atoms. The summed E-state index contributed by atoms with van der Waals surface area (Å²) in [6.45, 7) is 0.425. The van der Waals surface area contributed by atoms with Crippen LogP contribution in [0.25, 0.3) is 0 Å². The van der Waals surface area contributed by atoms with Crippen molar-refractivity contribution in [3.8, 4) is 0 Å². The van der Waals surface area contributed by atoms with E-state index < -0.39 is 54.5 Å². The molecule has 0 radical (unpaired) electrons. The van der Waals surface area contributed by atoms with Crippen LogP contribution in [0.15, 0.2) is 12.7 Å². The second-order valence-corrected chi connectivity index (χ2v) is 4.77. The van der Waals surface area contributed by atoms with Gasteiger partial charge >= 0.3 is 41.8 Å². The number of carbonyl (C=O) groups is 1. The summed E-state index contributed by atoms with van der Waals surface area (Å²) < 4.78 is 169. The van der Waals surface area contributed by atoms with Crippen LogP contribution in [0.2, 0.25) is 0 Å². The van der Waals surface area contributed by atoms with E-state index in [2.05, 4.69) is 11.3 Å². The van der Waals surface area contributed by atoms with E-state index in [4.69, 9.17) is 5.11 Å². The first kappa shape index (κ1) is 25.3. The number of aliphatic hydroxyl groups excluding tert-OH is 1. The highest BCUT2D eigenvalue weighted by Crippen LogP contribution is 2.60. The van der Waals surface area contributed by atoms with Gasteiger partial charge in [-0.2, -0.15) is 57.1 Å². The van der Waals surface area contributed by atoms with Crippen LogP contribution >= 0.6 is 0 Å². The highest BCUT2D eigenvalue weighted by atomic mass is 19.4. The lowest BCUT2D eigenvalue weighted by Gasteiger charge is -2.40. The smallest absolute Gasteiger partial charge is 0.460 e. The maximum absolute atomic E-state index is 13.3. The highest BCUT2D eigenvalue weighted by Gasteiger charge is 2.91. The number of ether oxygens (including phenoxy) is 1. The fraction of sp³-hybridized carbons (Fsp3) is 0.727. The Hall–Kier alpha value is -1.74. The molecule has 0 amide bonds. The van der Waals surface area contributed by atoms with E-state index in [0.29, 0.717) is 0 Å². The standard InChI is InChI=1S/C11H7F13O3/c1-2-5(26)27-3-4(25)6(12,13)7(14,15)8(16,17)9(18,19)10(20,21)11(22,23)24/h2,4,25H,1,3H2.